The average Bonchev–Trinajstić information content (AvgIpc) is 2.53. The van der Waals surface area contributed by atoms with Crippen molar-refractivity contribution in [3.63, 3.8) is 0 Å². The first-order chi connectivity index (χ1) is 9.90. The predicted octanol–water partition coefficient (Wildman–Crippen LogP) is 2.97. The van der Waals surface area contributed by atoms with Crippen LogP contribution in [-0.4, -0.2) is 37.2 Å². The molecule has 0 aliphatic carbocycles. The lowest BCUT2D eigenvalue weighted by atomic mass is 9.93. The Hall–Kier alpha value is -1.06. The number of para-hydroxylation sites is 1. The quantitative estimate of drug-likeness (QED) is 0.913. The molecule has 3 heteroatoms. The number of nitrogens with zero attached hydrogens (tertiary/aromatic N) is 1. The van der Waals surface area contributed by atoms with Crippen LogP contribution in [0.15, 0.2) is 24.3 Å². The van der Waals surface area contributed by atoms with E-state index in [0.717, 1.165) is 18.9 Å². The van der Waals surface area contributed by atoms with Crippen LogP contribution in [0.25, 0.3) is 0 Å². The summed E-state index contributed by atoms with van der Waals surface area (Å²) in [6.45, 7) is 6.57. The van der Waals surface area contributed by atoms with Crippen LogP contribution >= 0.6 is 0 Å². The summed E-state index contributed by atoms with van der Waals surface area (Å²) < 4.78 is 6.02. The molecule has 2 heterocycles. The molecule has 0 bridgehead atoms. The number of piperidine rings is 1. The molecule has 0 amide bonds. The van der Waals surface area contributed by atoms with E-state index >= 15 is 0 Å². The molecule has 0 saturated carbocycles. The molecule has 1 aromatic rings. The van der Waals surface area contributed by atoms with E-state index < -0.39 is 0 Å². The fourth-order valence-corrected chi connectivity index (χ4v) is 3.46. The molecule has 3 nitrogen and oxygen atoms in total. The lowest BCUT2D eigenvalue weighted by Gasteiger charge is -2.42. The number of rotatable bonds is 4. The van der Waals surface area contributed by atoms with Gasteiger partial charge < -0.3 is 10.1 Å². The van der Waals surface area contributed by atoms with Crippen molar-refractivity contribution >= 4 is 0 Å². The van der Waals surface area contributed by atoms with Crippen LogP contribution in [0.4, 0.5) is 0 Å². The SMILES string of the molecule is CCCNC1c2ccccc2OCC1N1CCCCC1. The number of ether oxygens (including phenoxy) is 1. The Bertz CT molecular complexity index is 429. The highest BCUT2D eigenvalue weighted by atomic mass is 16.5. The Morgan fingerprint density at radius 1 is 1.20 bits per heavy atom. The third-order valence-electron chi connectivity index (χ3n) is 4.52. The zero-order chi connectivity index (χ0) is 13.8. The molecule has 1 fully saturated rings. The largest absolute Gasteiger partial charge is 0.492 e. The van der Waals surface area contributed by atoms with E-state index in [0.29, 0.717) is 12.1 Å². The van der Waals surface area contributed by atoms with Gasteiger partial charge in [-0.1, -0.05) is 31.5 Å². The smallest absolute Gasteiger partial charge is 0.124 e. The lowest BCUT2D eigenvalue weighted by Crippen LogP contribution is -2.51. The van der Waals surface area contributed by atoms with Crippen LogP contribution in [0.1, 0.15) is 44.2 Å². The van der Waals surface area contributed by atoms with Gasteiger partial charge in [-0.3, -0.25) is 4.90 Å². The summed E-state index contributed by atoms with van der Waals surface area (Å²) >= 11 is 0. The first kappa shape index (κ1) is 13.9. The van der Waals surface area contributed by atoms with Crippen LogP contribution in [-0.2, 0) is 0 Å². The number of fused-ring (bicyclic) bond motifs is 1. The number of nitrogens with one attached hydrogen (secondary N) is 1. The molecule has 2 aliphatic heterocycles. The van der Waals surface area contributed by atoms with Gasteiger partial charge in [0.2, 0.25) is 0 Å². The first-order valence-corrected chi connectivity index (χ1v) is 8.09. The van der Waals surface area contributed by atoms with E-state index in [1.807, 2.05) is 0 Å². The fourth-order valence-electron chi connectivity index (χ4n) is 3.46. The number of likely N-dealkylation sites (tertiary alicyclic amines) is 1. The van der Waals surface area contributed by atoms with E-state index in [2.05, 4.69) is 41.4 Å². The minimum absolute atomic E-state index is 0.415. The highest BCUT2D eigenvalue weighted by Gasteiger charge is 2.34. The van der Waals surface area contributed by atoms with Gasteiger partial charge in [0, 0.05) is 5.56 Å². The summed E-state index contributed by atoms with van der Waals surface area (Å²) in [7, 11) is 0. The second-order valence-electron chi connectivity index (χ2n) is 5.94. The molecule has 2 atom stereocenters. The molecule has 3 rings (SSSR count). The third kappa shape index (κ3) is 2.84. The molecule has 110 valence electrons. The van der Waals surface area contributed by atoms with Crippen molar-refractivity contribution in [2.24, 2.45) is 0 Å². The minimum Gasteiger partial charge on any atom is -0.492 e. The normalized spacial score (nSPS) is 26.9. The molecule has 0 radical (unpaired) electrons. The van der Waals surface area contributed by atoms with E-state index in [4.69, 9.17) is 4.74 Å². The molecular formula is C17H26N2O. The lowest BCUT2D eigenvalue weighted by molar-refractivity contribution is 0.0708. The summed E-state index contributed by atoms with van der Waals surface area (Å²) in [5.41, 5.74) is 1.34. The fraction of sp³-hybridized carbons (Fsp3) is 0.647. The maximum atomic E-state index is 6.02. The van der Waals surface area contributed by atoms with Crippen LogP contribution < -0.4 is 10.1 Å². The van der Waals surface area contributed by atoms with Crippen molar-refractivity contribution in [2.45, 2.75) is 44.7 Å². The molecule has 0 aromatic heterocycles. The highest BCUT2D eigenvalue weighted by Crippen LogP contribution is 2.35. The Kier molecular flexibility index (Phi) is 4.58. The van der Waals surface area contributed by atoms with Gasteiger partial charge in [-0.15, -0.1) is 0 Å². The van der Waals surface area contributed by atoms with E-state index in [1.54, 1.807) is 0 Å². The van der Waals surface area contributed by atoms with E-state index in [-0.39, 0.29) is 0 Å². The average molecular weight is 274 g/mol. The van der Waals surface area contributed by atoms with Crippen molar-refractivity contribution in [1.29, 1.82) is 0 Å². The number of benzene rings is 1. The maximum Gasteiger partial charge on any atom is 0.124 e. The topological polar surface area (TPSA) is 24.5 Å². The van der Waals surface area contributed by atoms with Crippen molar-refractivity contribution in [2.75, 3.05) is 26.2 Å². The zero-order valence-electron chi connectivity index (χ0n) is 12.5. The van der Waals surface area contributed by atoms with Crippen LogP contribution in [0.5, 0.6) is 5.75 Å². The van der Waals surface area contributed by atoms with Crippen molar-refractivity contribution in [3.05, 3.63) is 29.8 Å². The Balaban J connectivity index is 1.82. The van der Waals surface area contributed by atoms with Gasteiger partial charge in [0.05, 0.1) is 12.1 Å². The predicted molar refractivity (Wildman–Crippen MR) is 82.2 cm³/mol. The highest BCUT2D eigenvalue weighted by molar-refractivity contribution is 5.38. The van der Waals surface area contributed by atoms with Gasteiger partial charge >= 0.3 is 0 Å². The second-order valence-corrected chi connectivity index (χ2v) is 5.94. The Morgan fingerprint density at radius 2 is 2.00 bits per heavy atom. The summed E-state index contributed by atoms with van der Waals surface area (Å²) in [4.78, 5) is 2.63. The van der Waals surface area contributed by atoms with Crippen molar-refractivity contribution < 1.29 is 4.74 Å². The van der Waals surface area contributed by atoms with Crippen LogP contribution in [0.2, 0.25) is 0 Å². The zero-order valence-corrected chi connectivity index (χ0v) is 12.5. The van der Waals surface area contributed by atoms with Crippen LogP contribution in [0.3, 0.4) is 0 Å². The maximum absolute atomic E-state index is 6.02. The molecule has 2 unspecified atom stereocenters. The van der Waals surface area contributed by atoms with Gasteiger partial charge in [0.1, 0.15) is 12.4 Å². The molecular weight excluding hydrogens is 248 g/mol. The summed E-state index contributed by atoms with van der Waals surface area (Å²) in [5, 5.41) is 3.75. The van der Waals surface area contributed by atoms with E-state index in [1.165, 1.54) is 44.3 Å². The number of hydrogen-bond donors (Lipinski definition) is 1. The monoisotopic (exact) mass is 274 g/mol. The molecule has 0 spiro atoms. The summed E-state index contributed by atoms with van der Waals surface area (Å²) in [6.07, 6.45) is 5.22. The summed E-state index contributed by atoms with van der Waals surface area (Å²) in [6, 6.07) is 9.41. The van der Waals surface area contributed by atoms with Gasteiger partial charge in [0.15, 0.2) is 0 Å². The molecule has 20 heavy (non-hydrogen) atoms. The second kappa shape index (κ2) is 6.59. The molecule has 1 aromatic carbocycles. The van der Waals surface area contributed by atoms with Gasteiger partial charge in [0.25, 0.3) is 0 Å². The third-order valence-corrected chi connectivity index (χ3v) is 4.52. The molecule has 1 N–H and O–H groups in total. The Labute approximate surface area is 122 Å². The van der Waals surface area contributed by atoms with Gasteiger partial charge in [-0.25, -0.2) is 0 Å². The molecule has 1 saturated heterocycles. The van der Waals surface area contributed by atoms with Crippen molar-refractivity contribution in [3.8, 4) is 5.75 Å². The first-order valence-electron chi connectivity index (χ1n) is 8.09. The standard InChI is InChI=1S/C17H26N2O/c1-2-10-18-17-14-8-4-5-9-16(14)20-13-15(17)19-11-6-3-7-12-19/h4-5,8-9,15,17-18H,2-3,6-7,10-13H2,1H3. The number of hydrogen-bond acceptors (Lipinski definition) is 3. The van der Waals surface area contributed by atoms with Gasteiger partial charge in [-0.05, 0) is 45.0 Å². The van der Waals surface area contributed by atoms with E-state index in [9.17, 15) is 0 Å². The minimum atomic E-state index is 0.415. The summed E-state index contributed by atoms with van der Waals surface area (Å²) in [5.74, 6) is 1.06. The Morgan fingerprint density at radius 3 is 2.80 bits per heavy atom. The van der Waals surface area contributed by atoms with Gasteiger partial charge in [-0.2, -0.15) is 0 Å². The van der Waals surface area contributed by atoms with Crippen LogP contribution in [0, 0.1) is 0 Å². The van der Waals surface area contributed by atoms with Crippen molar-refractivity contribution in [1.82, 2.24) is 10.2 Å². The molecule has 2 aliphatic rings.